The van der Waals surface area contributed by atoms with Crippen LogP contribution in [-0.4, -0.2) is 27.8 Å². The van der Waals surface area contributed by atoms with Crippen molar-refractivity contribution in [1.29, 1.82) is 0 Å². The van der Waals surface area contributed by atoms with E-state index in [9.17, 15) is 19.7 Å². The molecule has 29 heavy (non-hydrogen) atoms. The molecule has 0 aliphatic heterocycles. The molecular weight excluding hydrogens is 372 g/mol. The normalized spacial score (nSPS) is 10.6. The number of ketones is 1. The van der Waals surface area contributed by atoms with Crippen LogP contribution in [0, 0.1) is 24.0 Å². The number of ether oxygens (including phenoxy) is 1. The molecule has 3 rings (SSSR count). The molecular formula is C22H20N2O5. The van der Waals surface area contributed by atoms with Gasteiger partial charge in [-0.2, -0.15) is 0 Å². The summed E-state index contributed by atoms with van der Waals surface area (Å²) in [5, 5.41) is 10.8. The average Bonchev–Trinajstić information content (AvgIpc) is 3.01. The van der Waals surface area contributed by atoms with E-state index in [1.54, 1.807) is 6.07 Å². The summed E-state index contributed by atoms with van der Waals surface area (Å²) in [5.74, 6) is -1.10. The zero-order valence-corrected chi connectivity index (χ0v) is 16.1. The highest BCUT2D eigenvalue weighted by atomic mass is 16.6. The highest BCUT2D eigenvalue weighted by Gasteiger charge is 2.19. The Kier molecular flexibility index (Phi) is 5.87. The standard InChI is InChI=1S/C22H20N2O5/c1-15-11-20(16(2)23(15)13-17-7-4-3-5-8-17)21(25)14-29-22(26)18-9-6-10-19(12-18)24(27)28/h3-12H,13-14H2,1-2H3. The third kappa shape index (κ3) is 4.57. The van der Waals surface area contributed by atoms with Crippen molar-refractivity contribution in [2.24, 2.45) is 0 Å². The maximum Gasteiger partial charge on any atom is 0.338 e. The lowest BCUT2D eigenvalue weighted by molar-refractivity contribution is -0.384. The summed E-state index contributed by atoms with van der Waals surface area (Å²) < 4.78 is 7.11. The molecule has 0 spiro atoms. The van der Waals surface area contributed by atoms with E-state index in [2.05, 4.69) is 0 Å². The first-order chi connectivity index (χ1) is 13.9. The van der Waals surface area contributed by atoms with Crippen molar-refractivity contribution in [3.63, 3.8) is 0 Å². The summed E-state index contributed by atoms with van der Waals surface area (Å²) in [6.45, 7) is 3.98. The van der Waals surface area contributed by atoms with E-state index in [-0.39, 0.29) is 17.0 Å². The molecule has 0 aliphatic rings. The number of carbonyl (C=O) groups excluding carboxylic acids is 2. The second kappa shape index (κ2) is 8.52. The van der Waals surface area contributed by atoms with Gasteiger partial charge in [0, 0.05) is 35.6 Å². The van der Waals surface area contributed by atoms with Gasteiger partial charge in [-0.25, -0.2) is 4.79 Å². The van der Waals surface area contributed by atoms with E-state index in [4.69, 9.17) is 4.74 Å². The Labute approximate surface area is 167 Å². The van der Waals surface area contributed by atoms with Gasteiger partial charge in [0.15, 0.2) is 6.61 Å². The number of hydrogen-bond donors (Lipinski definition) is 0. The lowest BCUT2D eigenvalue weighted by Crippen LogP contribution is -2.15. The number of nitrogens with zero attached hydrogens (tertiary/aromatic N) is 2. The third-order valence-corrected chi connectivity index (χ3v) is 4.68. The molecule has 148 valence electrons. The lowest BCUT2D eigenvalue weighted by atomic mass is 10.1. The minimum Gasteiger partial charge on any atom is -0.454 e. The fourth-order valence-electron chi connectivity index (χ4n) is 3.13. The van der Waals surface area contributed by atoms with E-state index in [1.807, 2.05) is 48.7 Å². The van der Waals surface area contributed by atoms with E-state index in [1.165, 1.54) is 18.2 Å². The number of aryl methyl sites for hydroxylation is 1. The summed E-state index contributed by atoms with van der Waals surface area (Å²) in [6, 6.07) is 16.9. The monoisotopic (exact) mass is 392 g/mol. The molecule has 0 amide bonds. The van der Waals surface area contributed by atoms with Crippen molar-refractivity contribution >= 4 is 17.4 Å². The first kappa shape index (κ1) is 20.0. The molecule has 0 radical (unpaired) electrons. The van der Waals surface area contributed by atoms with Crippen molar-refractivity contribution in [2.45, 2.75) is 20.4 Å². The van der Waals surface area contributed by atoms with Gasteiger partial charge < -0.3 is 9.30 Å². The second-order valence-corrected chi connectivity index (χ2v) is 6.66. The summed E-state index contributed by atoms with van der Waals surface area (Å²) in [4.78, 5) is 35.0. The highest BCUT2D eigenvalue weighted by Crippen LogP contribution is 2.19. The largest absolute Gasteiger partial charge is 0.454 e. The van der Waals surface area contributed by atoms with Gasteiger partial charge in [-0.3, -0.25) is 14.9 Å². The molecule has 0 unspecified atom stereocenters. The van der Waals surface area contributed by atoms with Gasteiger partial charge in [0.25, 0.3) is 5.69 Å². The summed E-state index contributed by atoms with van der Waals surface area (Å²) in [7, 11) is 0. The molecule has 0 aliphatic carbocycles. The number of nitro benzene ring substituents is 1. The van der Waals surface area contributed by atoms with Gasteiger partial charge >= 0.3 is 5.97 Å². The summed E-state index contributed by atoms with van der Waals surface area (Å²) >= 11 is 0. The number of carbonyl (C=O) groups is 2. The molecule has 2 aromatic carbocycles. The molecule has 0 fully saturated rings. The Morgan fingerprint density at radius 3 is 2.45 bits per heavy atom. The lowest BCUT2D eigenvalue weighted by Gasteiger charge is -2.10. The van der Waals surface area contributed by atoms with Crippen molar-refractivity contribution in [3.8, 4) is 0 Å². The quantitative estimate of drug-likeness (QED) is 0.261. The fraction of sp³-hybridized carbons (Fsp3) is 0.182. The van der Waals surface area contributed by atoms with Gasteiger partial charge in [-0.15, -0.1) is 0 Å². The number of esters is 1. The molecule has 7 heteroatoms. The minimum atomic E-state index is -0.778. The molecule has 1 aromatic heterocycles. The highest BCUT2D eigenvalue weighted by molar-refractivity contribution is 6.00. The molecule has 1 heterocycles. The first-order valence-electron chi connectivity index (χ1n) is 9.02. The third-order valence-electron chi connectivity index (χ3n) is 4.68. The topological polar surface area (TPSA) is 91.4 Å². The van der Waals surface area contributed by atoms with Crippen molar-refractivity contribution in [2.75, 3.05) is 6.61 Å². The van der Waals surface area contributed by atoms with Gasteiger partial charge in [0.1, 0.15) is 0 Å². The number of hydrogen-bond acceptors (Lipinski definition) is 5. The summed E-state index contributed by atoms with van der Waals surface area (Å²) in [5.41, 5.74) is 3.15. The minimum absolute atomic E-state index is 0.0292. The van der Waals surface area contributed by atoms with Crippen molar-refractivity contribution < 1.29 is 19.2 Å². The Morgan fingerprint density at radius 2 is 1.76 bits per heavy atom. The smallest absolute Gasteiger partial charge is 0.338 e. The fourth-order valence-corrected chi connectivity index (χ4v) is 3.13. The Morgan fingerprint density at radius 1 is 1.03 bits per heavy atom. The maximum absolute atomic E-state index is 12.6. The van der Waals surface area contributed by atoms with Crippen LogP contribution in [0.15, 0.2) is 60.7 Å². The molecule has 0 bridgehead atoms. The van der Waals surface area contributed by atoms with Gasteiger partial charge in [-0.05, 0) is 31.5 Å². The van der Waals surface area contributed by atoms with Crippen LogP contribution in [-0.2, 0) is 11.3 Å². The SMILES string of the molecule is Cc1cc(C(=O)COC(=O)c2cccc([N+](=O)[O-])c2)c(C)n1Cc1ccccc1. The predicted octanol–water partition coefficient (Wildman–Crippen LogP) is 4.10. The van der Waals surface area contributed by atoms with Crippen molar-refractivity contribution in [1.82, 2.24) is 4.57 Å². The molecule has 3 aromatic rings. The zero-order valence-electron chi connectivity index (χ0n) is 16.1. The summed E-state index contributed by atoms with van der Waals surface area (Å²) in [6.07, 6.45) is 0. The van der Waals surface area contributed by atoms with Crippen molar-refractivity contribution in [3.05, 3.63) is 98.9 Å². The second-order valence-electron chi connectivity index (χ2n) is 6.66. The number of nitro groups is 1. The van der Waals surface area contributed by atoms with Crippen LogP contribution in [0.3, 0.4) is 0 Å². The predicted molar refractivity (Wildman–Crippen MR) is 107 cm³/mol. The van der Waals surface area contributed by atoms with Crippen LogP contribution in [0.25, 0.3) is 0 Å². The van der Waals surface area contributed by atoms with E-state index in [0.29, 0.717) is 12.1 Å². The Hall–Kier alpha value is -3.74. The van der Waals surface area contributed by atoms with E-state index < -0.39 is 17.5 Å². The van der Waals surface area contributed by atoms with Crippen LogP contribution in [0.4, 0.5) is 5.69 Å². The van der Waals surface area contributed by atoms with Crippen LogP contribution in [0.2, 0.25) is 0 Å². The number of aromatic nitrogens is 1. The number of Topliss-reactive ketones (excluding diaryl/α,β-unsaturated/α-hetero) is 1. The molecule has 0 saturated heterocycles. The first-order valence-corrected chi connectivity index (χ1v) is 9.02. The van der Waals surface area contributed by atoms with Gasteiger partial charge in [0.05, 0.1) is 10.5 Å². The molecule has 0 saturated carbocycles. The van der Waals surface area contributed by atoms with Crippen LogP contribution in [0.1, 0.15) is 37.7 Å². The van der Waals surface area contributed by atoms with Crippen LogP contribution >= 0.6 is 0 Å². The zero-order chi connectivity index (χ0) is 21.0. The number of benzene rings is 2. The average molecular weight is 392 g/mol. The van der Waals surface area contributed by atoms with Gasteiger partial charge in [-0.1, -0.05) is 36.4 Å². The molecule has 0 N–H and O–H groups in total. The Bertz CT molecular complexity index is 1070. The van der Waals surface area contributed by atoms with Gasteiger partial charge in [0.2, 0.25) is 5.78 Å². The van der Waals surface area contributed by atoms with Crippen LogP contribution < -0.4 is 0 Å². The molecule has 7 nitrogen and oxygen atoms in total. The number of rotatable bonds is 7. The maximum atomic E-state index is 12.6. The molecule has 0 atom stereocenters. The Balaban J connectivity index is 1.70. The van der Waals surface area contributed by atoms with E-state index >= 15 is 0 Å². The number of non-ortho nitro benzene ring substituents is 1. The van der Waals surface area contributed by atoms with Crippen LogP contribution in [0.5, 0.6) is 0 Å². The van der Waals surface area contributed by atoms with E-state index in [0.717, 1.165) is 23.0 Å².